The number of hydrogen-bond donors (Lipinski definition) is 0. The highest BCUT2D eigenvalue weighted by Gasteiger charge is 2.12. The van der Waals surface area contributed by atoms with Crippen molar-refractivity contribution in [2.45, 2.75) is 0 Å². The van der Waals surface area contributed by atoms with Crippen molar-refractivity contribution >= 4 is 22.7 Å². The van der Waals surface area contributed by atoms with Crippen molar-refractivity contribution in [3.05, 3.63) is 60.1 Å². The highest BCUT2D eigenvalue weighted by molar-refractivity contribution is 6.33. The van der Waals surface area contributed by atoms with Gasteiger partial charge in [-0.05, 0) is 30.3 Å². The average molecular weight is 297 g/mol. The normalized spacial score (nSPS) is 11.1. The maximum atomic E-state index is 6.35. The van der Waals surface area contributed by atoms with Crippen LogP contribution in [0.3, 0.4) is 0 Å². The molecule has 4 aromatic rings. The molecule has 0 saturated heterocycles. The van der Waals surface area contributed by atoms with E-state index in [2.05, 4.69) is 15.2 Å². The lowest BCUT2D eigenvalue weighted by Crippen LogP contribution is -1.90. The molecule has 0 atom stereocenters. The third-order valence-electron chi connectivity index (χ3n) is 3.19. The van der Waals surface area contributed by atoms with Gasteiger partial charge in [0.2, 0.25) is 5.89 Å². The molecule has 0 aliphatic rings. The molecule has 21 heavy (non-hydrogen) atoms. The number of nitrogens with zero attached hydrogens (tertiary/aromatic N) is 4. The average Bonchev–Trinajstić information content (AvgIpc) is 3.16. The van der Waals surface area contributed by atoms with Gasteiger partial charge in [-0.25, -0.2) is 4.98 Å². The Hall–Kier alpha value is -2.66. The van der Waals surface area contributed by atoms with Crippen molar-refractivity contribution in [1.82, 2.24) is 19.7 Å². The van der Waals surface area contributed by atoms with E-state index in [1.54, 1.807) is 17.2 Å². The Morgan fingerprint density at radius 3 is 2.57 bits per heavy atom. The summed E-state index contributed by atoms with van der Waals surface area (Å²) >= 11 is 6.35. The van der Waals surface area contributed by atoms with Crippen molar-refractivity contribution in [3.63, 3.8) is 0 Å². The molecule has 6 heteroatoms. The molecule has 2 aromatic carbocycles. The maximum absolute atomic E-state index is 6.35. The number of oxazole rings is 1. The lowest BCUT2D eigenvalue weighted by Gasteiger charge is -2.04. The SMILES string of the molecule is Clc1cc(-n2cnnc2)ccc1-c1nc2ccccc2o1. The Bertz CT molecular complexity index is 881. The van der Waals surface area contributed by atoms with Crippen LogP contribution >= 0.6 is 11.6 Å². The van der Waals surface area contributed by atoms with Gasteiger partial charge in [-0.2, -0.15) is 0 Å². The summed E-state index contributed by atoms with van der Waals surface area (Å²) in [6.45, 7) is 0. The van der Waals surface area contributed by atoms with E-state index < -0.39 is 0 Å². The molecule has 0 aliphatic heterocycles. The van der Waals surface area contributed by atoms with Crippen molar-refractivity contribution in [2.75, 3.05) is 0 Å². The van der Waals surface area contributed by atoms with Gasteiger partial charge in [0.25, 0.3) is 0 Å². The highest BCUT2D eigenvalue weighted by atomic mass is 35.5. The van der Waals surface area contributed by atoms with E-state index in [1.807, 2.05) is 42.5 Å². The minimum absolute atomic E-state index is 0.511. The first-order valence-electron chi connectivity index (χ1n) is 6.32. The second-order valence-corrected chi connectivity index (χ2v) is 4.93. The van der Waals surface area contributed by atoms with Gasteiger partial charge in [0.1, 0.15) is 18.2 Å². The molecular formula is C15H9ClN4O. The molecule has 2 heterocycles. The molecule has 0 N–H and O–H groups in total. The zero-order valence-corrected chi connectivity index (χ0v) is 11.5. The number of halogens is 1. The third-order valence-corrected chi connectivity index (χ3v) is 3.51. The Morgan fingerprint density at radius 1 is 1.00 bits per heavy atom. The summed E-state index contributed by atoms with van der Waals surface area (Å²) in [7, 11) is 0. The van der Waals surface area contributed by atoms with Gasteiger partial charge in [-0.1, -0.05) is 23.7 Å². The summed E-state index contributed by atoms with van der Waals surface area (Å²) in [6.07, 6.45) is 3.23. The van der Waals surface area contributed by atoms with Crippen molar-refractivity contribution in [1.29, 1.82) is 0 Å². The zero-order chi connectivity index (χ0) is 14.2. The van der Waals surface area contributed by atoms with E-state index in [4.69, 9.17) is 16.0 Å². The summed E-state index contributed by atoms with van der Waals surface area (Å²) in [6, 6.07) is 13.2. The molecule has 0 amide bonds. The number of hydrogen-bond acceptors (Lipinski definition) is 4. The Morgan fingerprint density at radius 2 is 1.81 bits per heavy atom. The van der Waals surface area contributed by atoms with Crippen molar-refractivity contribution < 1.29 is 4.42 Å². The van der Waals surface area contributed by atoms with Crippen molar-refractivity contribution in [3.8, 4) is 17.1 Å². The van der Waals surface area contributed by atoms with Crippen LogP contribution in [0.2, 0.25) is 5.02 Å². The monoisotopic (exact) mass is 296 g/mol. The van der Waals surface area contributed by atoms with Gasteiger partial charge in [0.05, 0.1) is 10.6 Å². The summed E-state index contributed by atoms with van der Waals surface area (Å²) in [5.74, 6) is 0.511. The molecule has 0 unspecified atom stereocenters. The summed E-state index contributed by atoms with van der Waals surface area (Å²) in [5.41, 5.74) is 3.19. The molecular weight excluding hydrogens is 288 g/mol. The van der Waals surface area contributed by atoms with Gasteiger partial charge in [0, 0.05) is 5.69 Å². The van der Waals surface area contributed by atoms with Gasteiger partial charge in [-0.15, -0.1) is 10.2 Å². The molecule has 0 aliphatic carbocycles. The van der Waals surface area contributed by atoms with Crippen molar-refractivity contribution in [2.24, 2.45) is 0 Å². The van der Waals surface area contributed by atoms with E-state index in [-0.39, 0.29) is 0 Å². The zero-order valence-electron chi connectivity index (χ0n) is 10.8. The molecule has 0 bridgehead atoms. The molecule has 0 saturated carbocycles. The first kappa shape index (κ1) is 12.1. The van der Waals surface area contributed by atoms with E-state index in [1.165, 1.54) is 0 Å². The van der Waals surface area contributed by atoms with E-state index in [0.29, 0.717) is 10.9 Å². The number of para-hydroxylation sites is 2. The number of benzene rings is 2. The fraction of sp³-hybridized carbons (Fsp3) is 0. The molecule has 0 fully saturated rings. The second-order valence-electron chi connectivity index (χ2n) is 4.52. The molecule has 5 nitrogen and oxygen atoms in total. The minimum atomic E-state index is 0.511. The third kappa shape index (κ3) is 2.08. The molecule has 0 spiro atoms. The number of rotatable bonds is 2. The molecule has 0 radical (unpaired) electrons. The van der Waals surface area contributed by atoms with Gasteiger partial charge >= 0.3 is 0 Å². The van der Waals surface area contributed by atoms with Crippen LogP contribution in [-0.2, 0) is 0 Å². The Balaban J connectivity index is 1.81. The molecule has 102 valence electrons. The van der Waals surface area contributed by atoms with Crippen LogP contribution in [0.5, 0.6) is 0 Å². The Kier molecular flexibility index (Phi) is 2.72. The maximum Gasteiger partial charge on any atom is 0.228 e. The van der Waals surface area contributed by atoms with Gasteiger partial charge in [-0.3, -0.25) is 4.57 Å². The summed E-state index contributed by atoms with van der Waals surface area (Å²) < 4.78 is 7.52. The topological polar surface area (TPSA) is 56.7 Å². The van der Waals surface area contributed by atoms with Gasteiger partial charge < -0.3 is 4.42 Å². The van der Waals surface area contributed by atoms with Crippen LogP contribution in [0.25, 0.3) is 28.2 Å². The van der Waals surface area contributed by atoms with Crippen LogP contribution in [0.1, 0.15) is 0 Å². The number of aromatic nitrogens is 4. The first-order chi connectivity index (χ1) is 10.3. The fourth-order valence-electron chi connectivity index (χ4n) is 2.16. The Labute approximate surface area is 124 Å². The lowest BCUT2D eigenvalue weighted by atomic mass is 10.2. The number of fused-ring (bicyclic) bond motifs is 1. The minimum Gasteiger partial charge on any atom is -0.436 e. The second kappa shape index (κ2) is 4.71. The summed E-state index contributed by atoms with van der Waals surface area (Å²) in [4.78, 5) is 4.45. The van der Waals surface area contributed by atoms with Crippen LogP contribution in [-0.4, -0.2) is 19.7 Å². The van der Waals surface area contributed by atoms with E-state index >= 15 is 0 Å². The molecule has 4 rings (SSSR count). The molecule has 2 aromatic heterocycles. The summed E-state index contributed by atoms with van der Waals surface area (Å²) in [5, 5.41) is 8.12. The largest absolute Gasteiger partial charge is 0.436 e. The van der Waals surface area contributed by atoms with Crippen LogP contribution in [0, 0.1) is 0 Å². The lowest BCUT2D eigenvalue weighted by molar-refractivity contribution is 0.620. The van der Waals surface area contributed by atoms with Crippen LogP contribution in [0.15, 0.2) is 59.5 Å². The standard InChI is InChI=1S/C15H9ClN4O/c16-12-7-10(20-8-17-18-9-20)5-6-11(12)15-19-13-3-1-2-4-14(13)21-15/h1-9H. The highest BCUT2D eigenvalue weighted by Crippen LogP contribution is 2.31. The van der Waals surface area contributed by atoms with Gasteiger partial charge in [0.15, 0.2) is 5.58 Å². The predicted molar refractivity (Wildman–Crippen MR) is 79.4 cm³/mol. The quantitative estimate of drug-likeness (QED) is 0.565. The van der Waals surface area contributed by atoms with E-state index in [0.717, 1.165) is 22.4 Å². The first-order valence-corrected chi connectivity index (χ1v) is 6.69. The predicted octanol–water partition coefficient (Wildman–Crippen LogP) is 3.73. The fourth-order valence-corrected chi connectivity index (χ4v) is 2.42. The van der Waals surface area contributed by atoms with Crippen LogP contribution < -0.4 is 0 Å². The van der Waals surface area contributed by atoms with E-state index in [9.17, 15) is 0 Å². The van der Waals surface area contributed by atoms with Crippen LogP contribution in [0.4, 0.5) is 0 Å². The smallest absolute Gasteiger partial charge is 0.228 e.